The van der Waals surface area contributed by atoms with E-state index in [0.717, 1.165) is 34.3 Å². The van der Waals surface area contributed by atoms with Gasteiger partial charge in [-0.3, -0.25) is 19.5 Å². The molecule has 0 aliphatic carbocycles. The first-order valence-electron chi connectivity index (χ1n) is 9.85. The molecule has 8 heteroatoms. The van der Waals surface area contributed by atoms with E-state index < -0.39 is 0 Å². The second kappa shape index (κ2) is 9.24. The molecule has 30 heavy (non-hydrogen) atoms. The lowest BCUT2D eigenvalue weighted by molar-refractivity contribution is -0.133. The highest BCUT2D eigenvalue weighted by Crippen LogP contribution is 2.23. The molecule has 0 atom stereocenters. The Kier molecular flexibility index (Phi) is 6.46. The van der Waals surface area contributed by atoms with Gasteiger partial charge in [0, 0.05) is 51.4 Å². The van der Waals surface area contributed by atoms with Gasteiger partial charge in [-0.2, -0.15) is 0 Å². The van der Waals surface area contributed by atoms with Crippen LogP contribution in [0, 0.1) is 0 Å². The second-order valence-electron chi connectivity index (χ2n) is 7.41. The zero-order valence-electron chi connectivity index (χ0n) is 16.8. The van der Waals surface area contributed by atoms with Gasteiger partial charge in [0.2, 0.25) is 5.91 Å². The quantitative estimate of drug-likeness (QED) is 0.553. The zero-order valence-corrected chi connectivity index (χ0v) is 19.2. The molecule has 0 radical (unpaired) electrons. The lowest BCUT2D eigenvalue weighted by atomic mass is 10.1. The Bertz CT molecular complexity index is 1060. The summed E-state index contributed by atoms with van der Waals surface area (Å²) in [6.45, 7) is 3.88. The van der Waals surface area contributed by atoms with Gasteiger partial charge in [-0.25, -0.2) is 0 Å². The highest BCUT2D eigenvalue weighted by atomic mass is 79.9. The Morgan fingerprint density at radius 3 is 2.60 bits per heavy atom. The molecule has 0 bridgehead atoms. The fourth-order valence-electron chi connectivity index (χ4n) is 3.68. The maximum Gasteiger partial charge on any atom is 0.264 e. The van der Waals surface area contributed by atoms with E-state index in [1.165, 1.54) is 21.8 Å². The van der Waals surface area contributed by atoms with E-state index in [4.69, 9.17) is 0 Å². The average Bonchev–Trinajstić information content (AvgIpc) is 3.20. The van der Waals surface area contributed by atoms with Crippen LogP contribution in [0.3, 0.4) is 0 Å². The van der Waals surface area contributed by atoms with Crippen LogP contribution in [0.2, 0.25) is 0 Å². The van der Waals surface area contributed by atoms with Crippen LogP contribution in [0.5, 0.6) is 0 Å². The normalized spacial score (nSPS) is 14.8. The van der Waals surface area contributed by atoms with Crippen LogP contribution in [-0.4, -0.2) is 71.3 Å². The van der Waals surface area contributed by atoms with Gasteiger partial charge < -0.3 is 9.80 Å². The van der Waals surface area contributed by atoms with Gasteiger partial charge >= 0.3 is 0 Å². The van der Waals surface area contributed by atoms with E-state index in [0.29, 0.717) is 18.0 Å². The van der Waals surface area contributed by atoms with Gasteiger partial charge in [-0.05, 0) is 39.7 Å². The number of carbonyl (C=O) groups is 2. The van der Waals surface area contributed by atoms with Crippen LogP contribution in [0.25, 0.3) is 10.9 Å². The standard InChI is InChI=1S/C22H23BrN4O2S/c1-25(22(29)18-7-8-19(23)30-18)15-20(28)27-12-10-26(11-13-27)14-17-5-2-4-16-6-3-9-24-21(16)17/h2-9H,10-15H2,1H3. The van der Waals surface area contributed by atoms with Crippen molar-refractivity contribution in [2.75, 3.05) is 39.8 Å². The van der Waals surface area contributed by atoms with Crippen molar-refractivity contribution in [3.63, 3.8) is 0 Å². The maximum atomic E-state index is 12.7. The lowest BCUT2D eigenvalue weighted by Gasteiger charge is -2.35. The van der Waals surface area contributed by atoms with Crippen molar-refractivity contribution in [2.24, 2.45) is 0 Å². The third kappa shape index (κ3) is 4.71. The summed E-state index contributed by atoms with van der Waals surface area (Å²) < 4.78 is 0.906. The largest absolute Gasteiger partial charge is 0.339 e. The molecule has 0 unspecified atom stereocenters. The van der Waals surface area contributed by atoms with Crippen LogP contribution in [0.1, 0.15) is 15.2 Å². The zero-order chi connectivity index (χ0) is 21.1. The van der Waals surface area contributed by atoms with Crippen molar-refractivity contribution in [1.29, 1.82) is 0 Å². The molecule has 1 aromatic carbocycles. The van der Waals surface area contributed by atoms with E-state index in [-0.39, 0.29) is 18.4 Å². The number of hydrogen-bond acceptors (Lipinski definition) is 5. The molecule has 1 saturated heterocycles. The molecular formula is C22H23BrN4O2S. The van der Waals surface area contributed by atoms with E-state index in [9.17, 15) is 9.59 Å². The number of nitrogens with zero attached hydrogens (tertiary/aromatic N) is 4. The third-order valence-electron chi connectivity index (χ3n) is 5.34. The summed E-state index contributed by atoms with van der Waals surface area (Å²) in [7, 11) is 1.68. The molecular weight excluding hydrogens is 464 g/mol. The minimum Gasteiger partial charge on any atom is -0.339 e. The minimum atomic E-state index is -0.124. The number of carbonyl (C=O) groups excluding carboxylic acids is 2. The van der Waals surface area contributed by atoms with Gasteiger partial charge in [0.25, 0.3) is 5.91 Å². The van der Waals surface area contributed by atoms with Gasteiger partial charge in [0.15, 0.2) is 0 Å². The molecule has 1 aliphatic heterocycles. The number of benzene rings is 1. The van der Waals surface area contributed by atoms with Crippen molar-refractivity contribution < 1.29 is 9.59 Å². The summed E-state index contributed by atoms with van der Waals surface area (Å²) in [6.07, 6.45) is 1.83. The van der Waals surface area contributed by atoms with Crippen molar-refractivity contribution >= 4 is 50.0 Å². The van der Waals surface area contributed by atoms with Crippen LogP contribution in [0.15, 0.2) is 52.4 Å². The van der Waals surface area contributed by atoms with Crippen molar-refractivity contribution in [3.8, 4) is 0 Å². The Morgan fingerprint density at radius 1 is 1.10 bits per heavy atom. The van der Waals surface area contributed by atoms with E-state index >= 15 is 0 Å². The molecule has 0 saturated carbocycles. The van der Waals surface area contributed by atoms with Gasteiger partial charge in [0.05, 0.1) is 20.7 Å². The topological polar surface area (TPSA) is 56.8 Å². The van der Waals surface area contributed by atoms with Crippen LogP contribution in [-0.2, 0) is 11.3 Å². The summed E-state index contributed by atoms with van der Waals surface area (Å²) in [5, 5.41) is 1.15. The Labute approximate surface area is 188 Å². The number of para-hydroxylation sites is 1. The van der Waals surface area contributed by atoms with Gasteiger partial charge in [0.1, 0.15) is 0 Å². The number of halogens is 1. The van der Waals surface area contributed by atoms with Crippen LogP contribution >= 0.6 is 27.3 Å². The smallest absolute Gasteiger partial charge is 0.264 e. The molecule has 156 valence electrons. The van der Waals surface area contributed by atoms with E-state index in [1.54, 1.807) is 13.1 Å². The third-order valence-corrected chi connectivity index (χ3v) is 6.95. The number of rotatable bonds is 5. The predicted molar refractivity (Wildman–Crippen MR) is 123 cm³/mol. The average molecular weight is 487 g/mol. The number of amides is 2. The molecule has 3 aromatic rings. The first-order valence-corrected chi connectivity index (χ1v) is 11.5. The molecule has 2 aromatic heterocycles. The SMILES string of the molecule is CN(CC(=O)N1CCN(Cc2cccc3cccnc23)CC1)C(=O)c1ccc(Br)s1. The molecule has 1 aliphatic rings. The molecule has 4 rings (SSSR count). The molecule has 0 spiro atoms. The van der Waals surface area contributed by atoms with Crippen molar-refractivity contribution in [1.82, 2.24) is 19.7 Å². The predicted octanol–water partition coefficient (Wildman–Crippen LogP) is 3.48. The number of pyridine rings is 1. The summed E-state index contributed by atoms with van der Waals surface area (Å²) in [5.74, 6) is -0.130. The van der Waals surface area contributed by atoms with E-state index in [1.807, 2.05) is 23.2 Å². The van der Waals surface area contributed by atoms with Crippen LogP contribution in [0.4, 0.5) is 0 Å². The molecule has 2 amide bonds. The van der Waals surface area contributed by atoms with Crippen molar-refractivity contribution in [3.05, 3.63) is 62.9 Å². The fraction of sp³-hybridized carbons (Fsp3) is 0.318. The first-order chi connectivity index (χ1) is 14.5. The van der Waals surface area contributed by atoms with Gasteiger partial charge in [-0.1, -0.05) is 24.3 Å². The number of fused-ring (bicyclic) bond motifs is 1. The second-order valence-corrected chi connectivity index (χ2v) is 9.88. The number of likely N-dealkylation sites (N-methyl/N-ethyl adjacent to an activating group) is 1. The van der Waals surface area contributed by atoms with Crippen molar-refractivity contribution in [2.45, 2.75) is 6.54 Å². The monoisotopic (exact) mass is 486 g/mol. The number of piperazine rings is 1. The molecule has 1 fully saturated rings. The highest BCUT2D eigenvalue weighted by Gasteiger charge is 2.24. The molecule has 0 N–H and O–H groups in total. The number of thiophene rings is 1. The highest BCUT2D eigenvalue weighted by molar-refractivity contribution is 9.11. The number of hydrogen-bond donors (Lipinski definition) is 0. The first kappa shape index (κ1) is 21.0. The minimum absolute atomic E-state index is 0.00653. The fourth-order valence-corrected chi connectivity index (χ4v) is 5.06. The maximum absolute atomic E-state index is 12.7. The van der Waals surface area contributed by atoms with E-state index in [2.05, 4.69) is 50.1 Å². The van der Waals surface area contributed by atoms with Gasteiger partial charge in [-0.15, -0.1) is 11.3 Å². The Morgan fingerprint density at radius 2 is 1.87 bits per heavy atom. The molecule has 6 nitrogen and oxygen atoms in total. The summed E-state index contributed by atoms with van der Waals surface area (Å²) in [4.78, 5) is 36.0. The Hall–Kier alpha value is -2.29. The summed E-state index contributed by atoms with van der Waals surface area (Å²) in [5.41, 5.74) is 2.25. The summed E-state index contributed by atoms with van der Waals surface area (Å²) >= 11 is 4.75. The Balaban J connectivity index is 1.30. The molecule has 3 heterocycles. The summed E-state index contributed by atoms with van der Waals surface area (Å²) in [6, 6.07) is 13.9. The number of aromatic nitrogens is 1. The lowest BCUT2D eigenvalue weighted by Crippen LogP contribution is -2.51. The van der Waals surface area contributed by atoms with Crippen LogP contribution < -0.4 is 0 Å².